The van der Waals surface area contributed by atoms with Crippen LogP contribution in [0.25, 0.3) is 0 Å². The van der Waals surface area contributed by atoms with E-state index in [4.69, 9.17) is 10.00 Å². The van der Waals surface area contributed by atoms with Crippen LogP contribution in [0.5, 0.6) is 5.75 Å². The minimum atomic E-state index is -0.536. The van der Waals surface area contributed by atoms with Crippen LogP contribution in [0.3, 0.4) is 0 Å². The summed E-state index contributed by atoms with van der Waals surface area (Å²) in [5.41, 5.74) is 1.64. The van der Waals surface area contributed by atoms with Gasteiger partial charge in [0, 0.05) is 17.9 Å². The Morgan fingerprint density at radius 2 is 1.93 bits per heavy atom. The largest absolute Gasteiger partial charge is 0.497 e. The number of hydrogen-bond donors (Lipinski definition) is 2. The number of nitrogens with one attached hydrogen (secondary N) is 2. The third-order valence-corrected chi connectivity index (χ3v) is 4.42. The number of likely N-dealkylation sites (tertiary alicyclic amines) is 1. The molecule has 1 saturated heterocycles. The van der Waals surface area contributed by atoms with Gasteiger partial charge in [-0.3, -0.25) is 4.79 Å². The molecule has 1 unspecified atom stereocenters. The Kier molecular flexibility index (Phi) is 5.57. The van der Waals surface area contributed by atoms with Crippen molar-refractivity contribution >= 4 is 23.3 Å². The summed E-state index contributed by atoms with van der Waals surface area (Å²) in [5, 5.41) is 14.6. The molecular formula is C20H20N4O3. The summed E-state index contributed by atoms with van der Waals surface area (Å²) in [5.74, 6) is 0.480. The fourth-order valence-electron chi connectivity index (χ4n) is 3.04. The molecule has 2 aromatic rings. The zero-order chi connectivity index (χ0) is 19.2. The molecule has 2 N–H and O–H groups in total. The minimum absolute atomic E-state index is 0.224. The van der Waals surface area contributed by atoms with Crippen molar-refractivity contribution in [3.05, 3.63) is 54.1 Å². The monoisotopic (exact) mass is 364 g/mol. The van der Waals surface area contributed by atoms with Gasteiger partial charge >= 0.3 is 6.03 Å². The Labute approximate surface area is 157 Å². The van der Waals surface area contributed by atoms with Crippen LogP contribution in [-0.2, 0) is 4.79 Å². The number of hydrogen-bond acceptors (Lipinski definition) is 4. The quantitative estimate of drug-likeness (QED) is 0.871. The Morgan fingerprint density at radius 3 is 2.63 bits per heavy atom. The number of carbonyl (C=O) groups is 2. The highest BCUT2D eigenvalue weighted by atomic mass is 16.5. The van der Waals surface area contributed by atoms with E-state index in [0.717, 1.165) is 6.42 Å². The van der Waals surface area contributed by atoms with E-state index < -0.39 is 6.04 Å². The molecule has 1 atom stereocenters. The first-order chi connectivity index (χ1) is 13.1. The highest BCUT2D eigenvalue weighted by Crippen LogP contribution is 2.22. The number of benzene rings is 2. The average molecular weight is 364 g/mol. The second-order valence-corrected chi connectivity index (χ2v) is 6.19. The molecule has 0 radical (unpaired) electrons. The van der Waals surface area contributed by atoms with Gasteiger partial charge in [-0.1, -0.05) is 6.07 Å². The molecule has 1 heterocycles. The summed E-state index contributed by atoms with van der Waals surface area (Å²) in [7, 11) is 1.58. The molecule has 0 aliphatic carbocycles. The van der Waals surface area contributed by atoms with Crippen molar-refractivity contribution in [2.75, 3.05) is 24.3 Å². The third kappa shape index (κ3) is 4.36. The summed E-state index contributed by atoms with van der Waals surface area (Å²) >= 11 is 0. The van der Waals surface area contributed by atoms with E-state index in [0.29, 0.717) is 35.7 Å². The first kappa shape index (κ1) is 18.3. The lowest BCUT2D eigenvalue weighted by Gasteiger charge is -2.24. The van der Waals surface area contributed by atoms with E-state index in [1.165, 1.54) is 4.90 Å². The van der Waals surface area contributed by atoms with Crippen molar-refractivity contribution in [1.29, 1.82) is 5.26 Å². The lowest BCUT2D eigenvalue weighted by atomic mass is 10.2. The van der Waals surface area contributed by atoms with Gasteiger partial charge in [0.15, 0.2) is 0 Å². The van der Waals surface area contributed by atoms with Gasteiger partial charge in [-0.05, 0) is 55.3 Å². The van der Waals surface area contributed by atoms with Crippen LogP contribution < -0.4 is 15.4 Å². The molecule has 7 nitrogen and oxygen atoms in total. The summed E-state index contributed by atoms with van der Waals surface area (Å²) < 4.78 is 5.10. The molecule has 0 spiro atoms. The lowest BCUT2D eigenvalue weighted by Crippen LogP contribution is -2.45. The van der Waals surface area contributed by atoms with Crippen molar-refractivity contribution in [3.8, 4) is 11.8 Å². The van der Waals surface area contributed by atoms with Crippen LogP contribution in [0.15, 0.2) is 48.5 Å². The van der Waals surface area contributed by atoms with Crippen molar-refractivity contribution < 1.29 is 14.3 Å². The van der Waals surface area contributed by atoms with Gasteiger partial charge in [0.1, 0.15) is 11.8 Å². The zero-order valence-electron chi connectivity index (χ0n) is 14.9. The SMILES string of the molecule is COc1ccc(NC(=O)C2CCCN2C(=O)Nc2cccc(C#N)c2)cc1. The number of nitrogens with zero attached hydrogens (tertiary/aromatic N) is 2. The molecule has 0 bridgehead atoms. The second-order valence-electron chi connectivity index (χ2n) is 6.19. The van der Waals surface area contributed by atoms with E-state index in [9.17, 15) is 9.59 Å². The van der Waals surface area contributed by atoms with Crippen LogP contribution in [0.2, 0.25) is 0 Å². The Hall–Kier alpha value is -3.53. The van der Waals surface area contributed by atoms with Crippen LogP contribution in [-0.4, -0.2) is 36.5 Å². The molecular weight excluding hydrogens is 344 g/mol. The molecule has 1 fully saturated rings. The molecule has 7 heteroatoms. The number of ether oxygens (including phenoxy) is 1. The standard InChI is InChI=1S/C20H20N4O3/c1-27-17-9-7-15(8-10-17)22-19(25)18-6-3-11-24(18)20(26)23-16-5-2-4-14(12-16)13-21/h2,4-5,7-10,12,18H,3,6,11H2,1H3,(H,22,25)(H,23,26). The van der Waals surface area contributed by atoms with Crippen molar-refractivity contribution in [1.82, 2.24) is 4.90 Å². The average Bonchev–Trinajstić information content (AvgIpc) is 3.19. The van der Waals surface area contributed by atoms with E-state index in [1.807, 2.05) is 6.07 Å². The number of nitriles is 1. The summed E-state index contributed by atoms with van der Waals surface area (Å²) in [6.07, 6.45) is 1.36. The smallest absolute Gasteiger partial charge is 0.322 e. The van der Waals surface area contributed by atoms with Crippen LogP contribution in [0, 0.1) is 11.3 Å². The van der Waals surface area contributed by atoms with Gasteiger partial charge in [-0.25, -0.2) is 4.79 Å². The number of anilines is 2. The number of urea groups is 1. The Bertz CT molecular complexity index is 874. The number of carbonyl (C=O) groups excluding carboxylic acids is 2. The number of rotatable bonds is 4. The predicted molar refractivity (Wildman–Crippen MR) is 102 cm³/mol. The molecule has 138 valence electrons. The van der Waals surface area contributed by atoms with E-state index >= 15 is 0 Å². The Morgan fingerprint density at radius 1 is 1.15 bits per heavy atom. The highest BCUT2D eigenvalue weighted by Gasteiger charge is 2.34. The molecule has 3 amide bonds. The molecule has 0 saturated carbocycles. The van der Waals surface area contributed by atoms with Crippen LogP contribution in [0.1, 0.15) is 18.4 Å². The molecule has 1 aliphatic heterocycles. The van der Waals surface area contributed by atoms with Crippen molar-refractivity contribution in [2.45, 2.75) is 18.9 Å². The number of methoxy groups -OCH3 is 1. The highest BCUT2D eigenvalue weighted by molar-refractivity contribution is 5.99. The van der Waals surface area contributed by atoms with Crippen molar-refractivity contribution in [3.63, 3.8) is 0 Å². The second kappa shape index (κ2) is 8.23. The summed E-state index contributed by atoms with van der Waals surface area (Å²) in [4.78, 5) is 26.8. The maximum atomic E-state index is 12.6. The lowest BCUT2D eigenvalue weighted by molar-refractivity contribution is -0.119. The fourth-order valence-corrected chi connectivity index (χ4v) is 3.04. The minimum Gasteiger partial charge on any atom is -0.497 e. The Balaban J connectivity index is 1.65. The van der Waals surface area contributed by atoms with E-state index in [1.54, 1.807) is 55.6 Å². The summed E-state index contributed by atoms with van der Waals surface area (Å²) in [6.45, 7) is 0.504. The van der Waals surface area contributed by atoms with Gasteiger partial charge in [0.05, 0.1) is 18.7 Å². The first-order valence-electron chi connectivity index (χ1n) is 8.63. The first-order valence-corrected chi connectivity index (χ1v) is 8.63. The van der Waals surface area contributed by atoms with E-state index in [-0.39, 0.29) is 11.9 Å². The van der Waals surface area contributed by atoms with Gasteiger partial charge < -0.3 is 20.3 Å². The third-order valence-electron chi connectivity index (χ3n) is 4.42. The zero-order valence-corrected chi connectivity index (χ0v) is 14.9. The maximum absolute atomic E-state index is 12.6. The molecule has 3 rings (SSSR count). The maximum Gasteiger partial charge on any atom is 0.322 e. The molecule has 0 aromatic heterocycles. The van der Waals surface area contributed by atoms with Crippen LogP contribution in [0.4, 0.5) is 16.2 Å². The van der Waals surface area contributed by atoms with Crippen molar-refractivity contribution in [2.24, 2.45) is 0 Å². The van der Waals surface area contributed by atoms with Gasteiger partial charge in [0.25, 0.3) is 0 Å². The fraction of sp³-hybridized carbons (Fsp3) is 0.250. The van der Waals surface area contributed by atoms with Gasteiger partial charge in [-0.15, -0.1) is 0 Å². The predicted octanol–water partition coefficient (Wildman–Crippen LogP) is 3.20. The van der Waals surface area contributed by atoms with Crippen LogP contribution >= 0.6 is 0 Å². The molecule has 1 aliphatic rings. The topological polar surface area (TPSA) is 94.5 Å². The van der Waals surface area contributed by atoms with Gasteiger partial charge in [-0.2, -0.15) is 5.26 Å². The molecule has 2 aromatic carbocycles. The normalized spacial score (nSPS) is 15.7. The number of amides is 3. The van der Waals surface area contributed by atoms with Gasteiger partial charge in [0.2, 0.25) is 5.91 Å². The molecule has 27 heavy (non-hydrogen) atoms. The summed E-state index contributed by atoms with van der Waals surface area (Å²) in [6, 6.07) is 14.8. The van der Waals surface area contributed by atoms with E-state index in [2.05, 4.69) is 10.6 Å².